The summed E-state index contributed by atoms with van der Waals surface area (Å²) in [6.45, 7) is 7.85. The number of pyridine rings is 1. The Morgan fingerprint density at radius 1 is 1.14 bits per heavy atom. The number of hydrogen-bond acceptors (Lipinski definition) is 3. The van der Waals surface area contributed by atoms with Gasteiger partial charge in [0.1, 0.15) is 17.5 Å². The predicted molar refractivity (Wildman–Crippen MR) is 111 cm³/mol. The number of nitrogens with one attached hydrogen (secondary N) is 1. The summed E-state index contributed by atoms with van der Waals surface area (Å²) in [4.78, 5) is 17.1. The summed E-state index contributed by atoms with van der Waals surface area (Å²) in [5, 5.41) is 12.4. The zero-order chi connectivity index (χ0) is 20.3. The maximum Gasteiger partial charge on any atom is 0.266 e. The second-order valence-electron chi connectivity index (χ2n) is 6.72. The molecule has 28 heavy (non-hydrogen) atoms. The summed E-state index contributed by atoms with van der Waals surface area (Å²) in [5.41, 5.74) is 5.56. The zero-order valence-corrected chi connectivity index (χ0v) is 16.4. The maximum atomic E-state index is 12.7. The van der Waals surface area contributed by atoms with Crippen LogP contribution in [0.4, 0.5) is 5.69 Å². The highest BCUT2D eigenvalue weighted by Gasteiger charge is 2.15. The molecule has 2 heterocycles. The number of aromatic nitrogens is 2. The lowest BCUT2D eigenvalue weighted by Crippen LogP contribution is -2.14. The van der Waals surface area contributed by atoms with Crippen LogP contribution in [-0.4, -0.2) is 15.5 Å². The van der Waals surface area contributed by atoms with Gasteiger partial charge in [0.05, 0.1) is 0 Å². The molecule has 140 valence electrons. The molecule has 1 N–H and O–H groups in total. The molecule has 0 aliphatic rings. The molecule has 0 spiro atoms. The first-order valence-electron chi connectivity index (χ1n) is 9.02. The summed E-state index contributed by atoms with van der Waals surface area (Å²) in [6.07, 6.45) is 3.37. The minimum absolute atomic E-state index is 0.0576. The van der Waals surface area contributed by atoms with Gasteiger partial charge >= 0.3 is 0 Å². The molecule has 1 aromatic carbocycles. The number of anilines is 1. The molecule has 5 heteroatoms. The van der Waals surface area contributed by atoms with Gasteiger partial charge < -0.3 is 9.88 Å². The van der Waals surface area contributed by atoms with Gasteiger partial charge in [-0.3, -0.25) is 4.79 Å². The van der Waals surface area contributed by atoms with Crippen molar-refractivity contribution < 1.29 is 4.79 Å². The van der Waals surface area contributed by atoms with E-state index in [0.29, 0.717) is 5.69 Å². The number of nitrogens with zero attached hydrogens (tertiary/aromatic N) is 3. The Kier molecular flexibility index (Phi) is 5.42. The van der Waals surface area contributed by atoms with Crippen molar-refractivity contribution in [2.24, 2.45) is 0 Å². The standard InChI is InChI=1S/C23H22N4O/c1-15-8-7-9-21(17(15)3)26-23(28)20(14-24)13-19-12-16(2)27(18(19)4)22-10-5-6-11-25-22/h5-13H,1-4H3,(H,26,28)/b20-13-. The van der Waals surface area contributed by atoms with Crippen molar-refractivity contribution in [2.75, 3.05) is 5.32 Å². The van der Waals surface area contributed by atoms with E-state index in [1.807, 2.05) is 80.8 Å². The Hall–Kier alpha value is -3.65. The first kappa shape index (κ1) is 19.1. The van der Waals surface area contributed by atoms with E-state index >= 15 is 0 Å². The normalized spacial score (nSPS) is 11.2. The van der Waals surface area contributed by atoms with Crippen LogP contribution in [0.15, 0.2) is 54.2 Å². The van der Waals surface area contributed by atoms with Crippen LogP contribution in [0.2, 0.25) is 0 Å². The van der Waals surface area contributed by atoms with Crippen molar-refractivity contribution in [3.63, 3.8) is 0 Å². The van der Waals surface area contributed by atoms with Crippen molar-refractivity contribution >= 4 is 17.7 Å². The van der Waals surface area contributed by atoms with Crippen LogP contribution < -0.4 is 5.32 Å². The van der Waals surface area contributed by atoms with Crippen LogP contribution in [0, 0.1) is 39.0 Å². The van der Waals surface area contributed by atoms with Crippen LogP contribution in [-0.2, 0) is 4.79 Å². The monoisotopic (exact) mass is 370 g/mol. The number of nitriles is 1. The summed E-state index contributed by atoms with van der Waals surface area (Å²) in [7, 11) is 0. The van der Waals surface area contributed by atoms with Gasteiger partial charge in [-0.15, -0.1) is 0 Å². The van der Waals surface area contributed by atoms with Gasteiger partial charge in [-0.05, 0) is 74.7 Å². The molecule has 0 bridgehead atoms. The van der Waals surface area contributed by atoms with E-state index in [4.69, 9.17) is 0 Å². The average Bonchev–Trinajstić information content (AvgIpc) is 2.97. The quantitative estimate of drug-likeness (QED) is 0.537. The van der Waals surface area contributed by atoms with Gasteiger partial charge in [-0.25, -0.2) is 4.98 Å². The SMILES string of the molecule is Cc1cccc(NC(=O)/C(C#N)=C\c2cc(C)n(-c3ccccn3)c2C)c1C. The summed E-state index contributed by atoms with van der Waals surface area (Å²) < 4.78 is 2.00. The molecule has 0 saturated heterocycles. The minimum Gasteiger partial charge on any atom is -0.321 e. The van der Waals surface area contributed by atoms with Crippen LogP contribution in [0.3, 0.4) is 0 Å². The summed E-state index contributed by atoms with van der Waals surface area (Å²) >= 11 is 0. The molecule has 0 aliphatic carbocycles. The van der Waals surface area contributed by atoms with Crippen LogP contribution in [0.25, 0.3) is 11.9 Å². The third kappa shape index (κ3) is 3.72. The van der Waals surface area contributed by atoms with Gasteiger partial charge in [-0.1, -0.05) is 18.2 Å². The van der Waals surface area contributed by atoms with E-state index in [2.05, 4.69) is 10.3 Å². The van der Waals surface area contributed by atoms with Crippen LogP contribution in [0.1, 0.15) is 28.1 Å². The van der Waals surface area contributed by atoms with Crippen LogP contribution in [0.5, 0.6) is 0 Å². The molecule has 2 aromatic heterocycles. The Labute approximate surface area is 165 Å². The molecule has 1 amide bonds. The van der Waals surface area contributed by atoms with Gasteiger partial charge in [-0.2, -0.15) is 5.26 Å². The summed E-state index contributed by atoms with van der Waals surface area (Å²) in [6, 6.07) is 15.4. The van der Waals surface area contributed by atoms with Crippen molar-refractivity contribution in [2.45, 2.75) is 27.7 Å². The number of benzene rings is 1. The molecule has 0 atom stereocenters. The number of carbonyl (C=O) groups excluding carboxylic acids is 1. The van der Waals surface area contributed by atoms with Gasteiger partial charge in [0.2, 0.25) is 0 Å². The Morgan fingerprint density at radius 2 is 1.93 bits per heavy atom. The van der Waals surface area contributed by atoms with Crippen molar-refractivity contribution in [3.05, 3.63) is 82.3 Å². The fourth-order valence-corrected chi connectivity index (χ4v) is 3.15. The molecule has 0 aliphatic heterocycles. The van der Waals surface area contributed by atoms with E-state index in [1.165, 1.54) is 0 Å². The number of rotatable bonds is 4. The van der Waals surface area contributed by atoms with E-state index in [-0.39, 0.29) is 5.57 Å². The second-order valence-corrected chi connectivity index (χ2v) is 6.72. The van der Waals surface area contributed by atoms with E-state index in [1.54, 1.807) is 12.3 Å². The van der Waals surface area contributed by atoms with Crippen molar-refractivity contribution in [3.8, 4) is 11.9 Å². The third-order valence-corrected chi connectivity index (χ3v) is 4.87. The van der Waals surface area contributed by atoms with Gasteiger partial charge in [0.15, 0.2) is 0 Å². The molecule has 3 rings (SSSR count). The zero-order valence-electron chi connectivity index (χ0n) is 16.4. The first-order chi connectivity index (χ1) is 13.4. The fourth-order valence-electron chi connectivity index (χ4n) is 3.15. The highest BCUT2D eigenvalue weighted by Crippen LogP contribution is 2.23. The number of aryl methyl sites for hydroxylation is 2. The molecule has 0 radical (unpaired) electrons. The largest absolute Gasteiger partial charge is 0.321 e. The molecule has 0 fully saturated rings. The molecule has 0 unspecified atom stereocenters. The smallest absolute Gasteiger partial charge is 0.266 e. The van der Waals surface area contributed by atoms with Gasteiger partial charge in [0, 0.05) is 23.3 Å². The third-order valence-electron chi connectivity index (χ3n) is 4.87. The van der Waals surface area contributed by atoms with Crippen molar-refractivity contribution in [1.82, 2.24) is 9.55 Å². The molecular weight excluding hydrogens is 348 g/mol. The first-order valence-corrected chi connectivity index (χ1v) is 9.02. The number of hydrogen-bond donors (Lipinski definition) is 1. The lowest BCUT2D eigenvalue weighted by Gasteiger charge is -2.10. The molecular formula is C23H22N4O. The molecule has 5 nitrogen and oxygen atoms in total. The predicted octanol–water partition coefficient (Wildman–Crippen LogP) is 4.65. The van der Waals surface area contributed by atoms with E-state index in [9.17, 15) is 10.1 Å². The Bertz CT molecular complexity index is 1100. The molecule has 0 saturated carbocycles. The van der Waals surface area contributed by atoms with E-state index in [0.717, 1.165) is 33.9 Å². The Balaban J connectivity index is 1.94. The topological polar surface area (TPSA) is 70.7 Å². The Morgan fingerprint density at radius 3 is 2.61 bits per heavy atom. The average molecular weight is 370 g/mol. The molecule has 3 aromatic rings. The number of carbonyl (C=O) groups is 1. The second kappa shape index (κ2) is 7.93. The minimum atomic E-state index is -0.418. The van der Waals surface area contributed by atoms with Gasteiger partial charge in [0.25, 0.3) is 5.91 Å². The lowest BCUT2D eigenvalue weighted by atomic mass is 10.1. The summed E-state index contributed by atoms with van der Waals surface area (Å²) in [5.74, 6) is 0.384. The fraction of sp³-hybridized carbons (Fsp3) is 0.174. The highest BCUT2D eigenvalue weighted by atomic mass is 16.1. The lowest BCUT2D eigenvalue weighted by molar-refractivity contribution is -0.112. The number of amides is 1. The maximum absolute atomic E-state index is 12.7. The van der Waals surface area contributed by atoms with Crippen molar-refractivity contribution in [1.29, 1.82) is 5.26 Å². The van der Waals surface area contributed by atoms with E-state index < -0.39 is 5.91 Å². The van der Waals surface area contributed by atoms with Crippen LogP contribution >= 0.6 is 0 Å². The highest BCUT2D eigenvalue weighted by molar-refractivity contribution is 6.10.